The molecule has 0 aromatic heterocycles. The molecule has 0 atom stereocenters. The molecule has 2 heterocycles. The summed E-state index contributed by atoms with van der Waals surface area (Å²) >= 11 is 12.2. The van der Waals surface area contributed by atoms with Gasteiger partial charge in [-0.15, -0.1) is 0 Å². The van der Waals surface area contributed by atoms with Crippen LogP contribution in [-0.4, -0.2) is 54.5 Å². The Balaban J connectivity index is 1.25. The SMILES string of the molecule is O=C(C1=NOC2(CCN(S(=O)(=O)c3cc(Cl)ccc3Cl)CC2)C1)N(CCc1ccccc1)Cc1ccccc1. The lowest BCUT2D eigenvalue weighted by Crippen LogP contribution is -2.47. The van der Waals surface area contributed by atoms with E-state index in [1.54, 1.807) is 6.07 Å². The molecule has 1 spiro atoms. The second-order valence-corrected chi connectivity index (χ2v) is 12.7. The first-order valence-electron chi connectivity index (χ1n) is 12.8. The molecule has 0 N–H and O–H groups in total. The van der Waals surface area contributed by atoms with Gasteiger partial charge < -0.3 is 9.74 Å². The molecular formula is C29H29Cl2N3O4S. The van der Waals surface area contributed by atoms with Gasteiger partial charge in [0.25, 0.3) is 5.91 Å². The Hall–Kier alpha value is -2.91. The van der Waals surface area contributed by atoms with E-state index in [-0.39, 0.29) is 28.9 Å². The quantitative estimate of drug-likeness (QED) is 0.346. The fourth-order valence-corrected chi connectivity index (χ4v) is 7.18. The van der Waals surface area contributed by atoms with E-state index in [0.717, 1.165) is 17.5 Å². The van der Waals surface area contributed by atoms with Crippen molar-refractivity contribution in [1.29, 1.82) is 0 Å². The van der Waals surface area contributed by atoms with Crippen LogP contribution in [0.15, 0.2) is 88.9 Å². The summed E-state index contributed by atoms with van der Waals surface area (Å²) < 4.78 is 27.9. The van der Waals surface area contributed by atoms with Gasteiger partial charge in [0.05, 0.1) is 5.02 Å². The van der Waals surface area contributed by atoms with Crippen molar-refractivity contribution >= 4 is 44.8 Å². The highest BCUT2D eigenvalue weighted by Crippen LogP contribution is 2.38. The number of carbonyl (C=O) groups excluding carboxylic acids is 1. The van der Waals surface area contributed by atoms with E-state index in [9.17, 15) is 13.2 Å². The molecule has 1 fully saturated rings. The smallest absolute Gasteiger partial charge is 0.272 e. The van der Waals surface area contributed by atoms with Gasteiger partial charge in [0, 0.05) is 50.5 Å². The molecule has 1 saturated heterocycles. The van der Waals surface area contributed by atoms with E-state index >= 15 is 0 Å². The van der Waals surface area contributed by atoms with Gasteiger partial charge >= 0.3 is 0 Å². The van der Waals surface area contributed by atoms with Crippen molar-refractivity contribution in [3.63, 3.8) is 0 Å². The summed E-state index contributed by atoms with van der Waals surface area (Å²) in [6, 6.07) is 24.3. The van der Waals surface area contributed by atoms with Crippen molar-refractivity contribution in [2.75, 3.05) is 19.6 Å². The van der Waals surface area contributed by atoms with Gasteiger partial charge in [0.2, 0.25) is 10.0 Å². The predicted octanol–water partition coefficient (Wildman–Crippen LogP) is 5.56. The number of oxime groups is 1. The summed E-state index contributed by atoms with van der Waals surface area (Å²) in [4.78, 5) is 21.3. The number of carbonyl (C=O) groups is 1. The summed E-state index contributed by atoms with van der Waals surface area (Å²) in [5.74, 6) is -0.160. The first kappa shape index (κ1) is 27.6. The molecule has 2 aliphatic rings. The molecule has 0 saturated carbocycles. The van der Waals surface area contributed by atoms with Gasteiger partial charge in [-0.05, 0) is 35.7 Å². The van der Waals surface area contributed by atoms with Crippen LogP contribution in [0.3, 0.4) is 0 Å². The molecule has 204 valence electrons. The van der Waals surface area contributed by atoms with Gasteiger partial charge in [-0.1, -0.05) is 89.0 Å². The third-order valence-corrected chi connectivity index (χ3v) is 9.86. The van der Waals surface area contributed by atoms with Crippen LogP contribution in [0.25, 0.3) is 0 Å². The third-order valence-electron chi connectivity index (χ3n) is 7.25. The molecule has 1 amide bonds. The molecule has 5 rings (SSSR count). The van der Waals surface area contributed by atoms with E-state index in [0.29, 0.717) is 43.1 Å². The largest absolute Gasteiger partial charge is 0.388 e. The minimum Gasteiger partial charge on any atom is -0.388 e. The van der Waals surface area contributed by atoms with Crippen LogP contribution >= 0.6 is 23.2 Å². The number of sulfonamides is 1. The minimum atomic E-state index is -3.82. The Bertz CT molecular complexity index is 1460. The fourth-order valence-electron chi connectivity index (χ4n) is 5.00. The second-order valence-electron chi connectivity index (χ2n) is 9.92. The number of amides is 1. The molecular weight excluding hydrogens is 557 g/mol. The number of hydrogen-bond acceptors (Lipinski definition) is 5. The topological polar surface area (TPSA) is 79.3 Å². The molecule has 0 bridgehead atoms. The average Bonchev–Trinajstić information content (AvgIpc) is 3.36. The normalized spacial score (nSPS) is 17.0. The van der Waals surface area contributed by atoms with E-state index in [1.807, 2.05) is 53.4 Å². The lowest BCUT2D eigenvalue weighted by atomic mass is 9.87. The van der Waals surface area contributed by atoms with Gasteiger partial charge in [0.1, 0.15) is 16.2 Å². The number of halogens is 2. The second kappa shape index (κ2) is 11.7. The Labute approximate surface area is 239 Å². The molecule has 39 heavy (non-hydrogen) atoms. The molecule has 3 aromatic rings. The van der Waals surface area contributed by atoms with E-state index in [4.69, 9.17) is 28.0 Å². The number of benzene rings is 3. The Morgan fingerprint density at radius 3 is 2.26 bits per heavy atom. The van der Waals surface area contributed by atoms with E-state index in [2.05, 4.69) is 17.3 Å². The minimum absolute atomic E-state index is 0.0120. The molecule has 0 unspecified atom stereocenters. The van der Waals surface area contributed by atoms with Crippen LogP contribution in [-0.2, 0) is 32.6 Å². The van der Waals surface area contributed by atoms with Crippen molar-refractivity contribution in [2.45, 2.75) is 42.7 Å². The van der Waals surface area contributed by atoms with Crippen molar-refractivity contribution in [3.05, 3.63) is 100 Å². The lowest BCUT2D eigenvalue weighted by molar-refractivity contribution is -0.124. The van der Waals surface area contributed by atoms with Crippen molar-refractivity contribution in [3.8, 4) is 0 Å². The molecule has 3 aromatic carbocycles. The molecule has 7 nitrogen and oxygen atoms in total. The Morgan fingerprint density at radius 2 is 1.59 bits per heavy atom. The zero-order chi connectivity index (χ0) is 27.5. The molecule has 2 aliphatic heterocycles. The monoisotopic (exact) mass is 585 g/mol. The maximum Gasteiger partial charge on any atom is 0.272 e. The van der Waals surface area contributed by atoms with E-state index < -0.39 is 15.6 Å². The summed E-state index contributed by atoms with van der Waals surface area (Å²) in [6.07, 6.45) is 1.88. The van der Waals surface area contributed by atoms with Gasteiger partial charge in [-0.3, -0.25) is 4.79 Å². The first-order chi connectivity index (χ1) is 18.8. The van der Waals surface area contributed by atoms with Crippen LogP contribution in [0.2, 0.25) is 10.0 Å². The maximum atomic E-state index is 13.7. The van der Waals surface area contributed by atoms with E-state index in [1.165, 1.54) is 16.4 Å². The summed E-state index contributed by atoms with van der Waals surface area (Å²) in [5, 5.41) is 4.65. The van der Waals surface area contributed by atoms with Gasteiger partial charge in [0.15, 0.2) is 0 Å². The number of piperidine rings is 1. The zero-order valence-electron chi connectivity index (χ0n) is 21.3. The summed E-state index contributed by atoms with van der Waals surface area (Å²) in [5.41, 5.74) is 1.85. The number of nitrogens with zero attached hydrogens (tertiary/aromatic N) is 3. The van der Waals surface area contributed by atoms with Crippen molar-refractivity contribution in [2.24, 2.45) is 5.16 Å². The van der Waals surface area contributed by atoms with Crippen molar-refractivity contribution < 1.29 is 18.0 Å². The standard InChI is InChI=1S/C29H29Cl2N3O4S/c30-24-11-12-25(31)27(19-24)39(36,37)34-17-14-29(15-18-34)20-26(32-38-29)28(35)33(21-23-9-5-2-6-10-23)16-13-22-7-3-1-4-8-22/h1-12,19H,13-18,20-21H2. The van der Waals surface area contributed by atoms with Crippen molar-refractivity contribution in [1.82, 2.24) is 9.21 Å². The zero-order valence-corrected chi connectivity index (χ0v) is 23.6. The maximum absolute atomic E-state index is 13.7. The van der Waals surface area contributed by atoms with Crippen LogP contribution < -0.4 is 0 Å². The molecule has 10 heteroatoms. The molecule has 0 radical (unpaired) electrons. The average molecular weight is 587 g/mol. The van der Waals surface area contributed by atoms with Gasteiger partial charge in [-0.2, -0.15) is 4.31 Å². The number of rotatable bonds is 8. The fraction of sp³-hybridized carbons (Fsp3) is 0.310. The lowest BCUT2D eigenvalue weighted by Gasteiger charge is -2.36. The summed E-state index contributed by atoms with van der Waals surface area (Å²) in [6.45, 7) is 1.45. The number of hydrogen-bond donors (Lipinski definition) is 0. The third kappa shape index (κ3) is 6.30. The summed E-state index contributed by atoms with van der Waals surface area (Å²) in [7, 11) is -3.82. The highest BCUT2D eigenvalue weighted by atomic mass is 35.5. The van der Waals surface area contributed by atoms with Crippen LogP contribution in [0.4, 0.5) is 0 Å². The van der Waals surface area contributed by atoms with Crippen LogP contribution in [0.5, 0.6) is 0 Å². The van der Waals surface area contributed by atoms with Crippen LogP contribution in [0, 0.1) is 0 Å². The predicted molar refractivity (Wildman–Crippen MR) is 152 cm³/mol. The van der Waals surface area contributed by atoms with Crippen LogP contribution in [0.1, 0.15) is 30.4 Å². The molecule has 0 aliphatic carbocycles. The Kier molecular flexibility index (Phi) is 8.28. The highest BCUT2D eigenvalue weighted by Gasteiger charge is 2.46. The highest BCUT2D eigenvalue weighted by molar-refractivity contribution is 7.89. The van der Waals surface area contributed by atoms with Gasteiger partial charge in [-0.25, -0.2) is 8.42 Å². The Morgan fingerprint density at radius 1 is 0.949 bits per heavy atom. The first-order valence-corrected chi connectivity index (χ1v) is 15.0.